The van der Waals surface area contributed by atoms with Crippen LogP contribution >= 0.6 is 35.3 Å². The number of carbonyl (C=O) groups is 1. The topological polar surface area (TPSA) is 86.0 Å². The van der Waals surface area contributed by atoms with E-state index in [0.717, 1.165) is 64.4 Å². The van der Waals surface area contributed by atoms with E-state index in [1.54, 1.807) is 0 Å². The van der Waals surface area contributed by atoms with E-state index in [1.807, 2.05) is 18.4 Å². The molecule has 0 spiro atoms. The van der Waals surface area contributed by atoms with Gasteiger partial charge in [-0.25, -0.2) is 0 Å². The number of hydrogen-bond acceptors (Lipinski definition) is 5. The van der Waals surface area contributed by atoms with Crippen molar-refractivity contribution in [2.24, 2.45) is 16.6 Å². The van der Waals surface area contributed by atoms with Gasteiger partial charge in [0.1, 0.15) is 0 Å². The van der Waals surface area contributed by atoms with Crippen LogP contribution in [0.3, 0.4) is 0 Å². The SMILES string of the molecule is CN=C(NCCCCN1CCC(C(N)=O)CC1)NCC(c1cccs1)N1CCCC1.I. The zero-order valence-electron chi connectivity index (χ0n) is 18.7. The molecule has 3 heterocycles. The predicted molar refractivity (Wildman–Crippen MR) is 140 cm³/mol. The number of rotatable bonds is 10. The van der Waals surface area contributed by atoms with Crippen LogP contribution in [0.4, 0.5) is 0 Å². The summed E-state index contributed by atoms with van der Waals surface area (Å²) in [5, 5.41) is 9.17. The number of piperidine rings is 1. The lowest BCUT2D eigenvalue weighted by molar-refractivity contribution is -0.123. The second-order valence-electron chi connectivity index (χ2n) is 8.38. The van der Waals surface area contributed by atoms with Crippen LogP contribution in [-0.4, -0.2) is 74.5 Å². The molecule has 2 aliphatic heterocycles. The largest absolute Gasteiger partial charge is 0.369 e. The molecule has 1 aromatic heterocycles. The minimum absolute atomic E-state index is 0. The van der Waals surface area contributed by atoms with Gasteiger partial charge in [-0.2, -0.15) is 0 Å². The van der Waals surface area contributed by atoms with E-state index in [2.05, 4.69) is 42.9 Å². The number of halogens is 1. The minimum Gasteiger partial charge on any atom is -0.369 e. The van der Waals surface area contributed by atoms with Gasteiger partial charge in [-0.3, -0.25) is 14.7 Å². The first kappa shape index (κ1) is 26.3. The fraction of sp³-hybridized carbons (Fsp3) is 0.727. The standard InChI is InChI=1S/C22H38N6OS.HI/c1-24-22(25-10-2-3-11-27-14-8-18(9-15-27)21(23)29)26-17-19(20-7-6-16-30-20)28-12-4-5-13-28;/h6-7,16,18-19H,2-5,8-15,17H2,1H3,(H2,23,29)(H2,24,25,26);1H. The normalized spacial score (nSPS) is 19.7. The smallest absolute Gasteiger partial charge is 0.220 e. The van der Waals surface area contributed by atoms with Crippen molar-refractivity contribution in [1.82, 2.24) is 20.4 Å². The molecule has 0 radical (unpaired) electrons. The Morgan fingerprint density at radius 1 is 1.23 bits per heavy atom. The highest BCUT2D eigenvalue weighted by molar-refractivity contribution is 14.0. The van der Waals surface area contributed by atoms with Gasteiger partial charge in [-0.1, -0.05) is 6.07 Å². The summed E-state index contributed by atoms with van der Waals surface area (Å²) in [7, 11) is 1.84. The Kier molecular flexibility index (Phi) is 12.1. The number of primary amides is 1. The van der Waals surface area contributed by atoms with E-state index >= 15 is 0 Å². The van der Waals surface area contributed by atoms with Gasteiger partial charge in [0.05, 0.1) is 6.04 Å². The van der Waals surface area contributed by atoms with Gasteiger partial charge in [0.2, 0.25) is 5.91 Å². The summed E-state index contributed by atoms with van der Waals surface area (Å²) >= 11 is 1.84. The highest BCUT2D eigenvalue weighted by atomic mass is 127. The molecule has 0 bridgehead atoms. The predicted octanol–water partition coefficient (Wildman–Crippen LogP) is 2.65. The second kappa shape index (κ2) is 14.3. The number of nitrogens with two attached hydrogens (primary N) is 1. The Hall–Kier alpha value is -0.910. The van der Waals surface area contributed by atoms with Gasteiger partial charge < -0.3 is 21.3 Å². The molecule has 7 nitrogen and oxygen atoms in total. The molecule has 2 fully saturated rings. The molecule has 1 unspecified atom stereocenters. The van der Waals surface area contributed by atoms with E-state index in [1.165, 1.54) is 30.8 Å². The van der Waals surface area contributed by atoms with E-state index in [9.17, 15) is 4.79 Å². The quantitative estimate of drug-likeness (QED) is 0.177. The van der Waals surface area contributed by atoms with Crippen molar-refractivity contribution < 1.29 is 4.79 Å². The van der Waals surface area contributed by atoms with Crippen LogP contribution in [-0.2, 0) is 4.79 Å². The lowest BCUT2D eigenvalue weighted by Crippen LogP contribution is -2.43. The molecule has 1 aromatic rings. The summed E-state index contributed by atoms with van der Waals surface area (Å²) in [6, 6.07) is 4.82. The average molecular weight is 563 g/mol. The Morgan fingerprint density at radius 3 is 2.58 bits per heavy atom. The molecular formula is C22H39IN6OS. The number of thiophene rings is 1. The molecule has 1 atom stereocenters. The van der Waals surface area contributed by atoms with Crippen LogP contribution in [0, 0.1) is 5.92 Å². The Labute approximate surface area is 208 Å². The lowest BCUT2D eigenvalue weighted by atomic mass is 9.96. The third-order valence-electron chi connectivity index (χ3n) is 6.32. The molecule has 2 aliphatic rings. The third-order valence-corrected chi connectivity index (χ3v) is 7.30. The van der Waals surface area contributed by atoms with Crippen LogP contribution < -0.4 is 16.4 Å². The minimum atomic E-state index is -0.135. The number of unbranched alkanes of at least 4 members (excludes halogenated alkanes) is 1. The lowest BCUT2D eigenvalue weighted by Gasteiger charge is -2.30. The van der Waals surface area contributed by atoms with Gasteiger partial charge in [0.25, 0.3) is 0 Å². The van der Waals surface area contributed by atoms with E-state index in [4.69, 9.17) is 5.73 Å². The van der Waals surface area contributed by atoms with Crippen LogP contribution in [0.25, 0.3) is 0 Å². The molecule has 0 saturated carbocycles. The number of likely N-dealkylation sites (tertiary alicyclic amines) is 2. The number of amides is 1. The molecular weight excluding hydrogens is 523 g/mol. The number of aliphatic imine (C=N–C) groups is 1. The van der Waals surface area contributed by atoms with Gasteiger partial charge in [-0.15, -0.1) is 35.3 Å². The second-order valence-corrected chi connectivity index (χ2v) is 9.36. The average Bonchev–Trinajstić information content (AvgIpc) is 3.47. The van der Waals surface area contributed by atoms with Crippen LogP contribution in [0.5, 0.6) is 0 Å². The van der Waals surface area contributed by atoms with Crippen LogP contribution in [0.15, 0.2) is 22.5 Å². The maximum absolute atomic E-state index is 11.3. The Morgan fingerprint density at radius 2 is 1.97 bits per heavy atom. The van der Waals surface area contributed by atoms with Gasteiger partial charge >= 0.3 is 0 Å². The fourth-order valence-electron chi connectivity index (χ4n) is 4.47. The first-order valence-electron chi connectivity index (χ1n) is 11.4. The van der Waals surface area contributed by atoms with Crippen LogP contribution in [0.2, 0.25) is 0 Å². The summed E-state index contributed by atoms with van der Waals surface area (Å²) in [5.41, 5.74) is 5.41. The van der Waals surface area contributed by atoms with E-state index < -0.39 is 0 Å². The zero-order valence-corrected chi connectivity index (χ0v) is 21.9. The van der Waals surface area contributed by atoms with Gasteiger partial charge in [-0.05, 0) is 82.7 Å². The maximum atomic E-state index is 11.3. The summed E-state index contributed by atoms with van der Waals surface area (Å²) in [5.74, 6) is 0.831. The molecule has 0 aromatic carbocycles. The number of hydrogen-bond donors (Lipinski definition) is 3. The highest BCUT2D eigenvalue weighted by Crippen LogP contribution is 2.27. The van der Waals surface area contributed by atoms with Crippen molar-refractivity contribution in [3.8, 4) is 0 Å². The first-order valence-corrected chi connectivity index (χ1v) is 12.3. The number of carbonyl (C=O) groups excluding carboxylic acids is 1. The Bertz CT molecular complexity index is 657. The van der Waals surface area contributed by atoms with Crippen molar-refractivity contribution in [1.29, 1.82) is 0 Å². The molecule has 1 amide bonds. The Balaban J connectivity index is 0.00000341. The molecule has 176 valence electrons. The summed E-state index contributed by atoms with van der Waals surface area (Å²) in [6.45, 7) is 7.25. The molecule has 0 aliphatic carbocycles. The van der Waals surface area contributed by atoms with Gasteiger partial charge in [0.15, 0.2) is 5.96 Å². The van der Waals surface area contributed by atoms with Crippen molar-refractivity contribution in [3.63, 3.8) is 0 Å². The van der Waals surface area contributed by atoms with Crippen molar-refractivity contribution in [3.05, 3.63) is 22.4 Å². The molecule has 2 saturated heterocycles. The zero-order chi connectivity index (χ0) is 21.2. The van der Waals surface area contributed by atoms with E-state index in [-0.39, 0.29) is 35.8 Å². The summed E-state index contributed by atoms with van der Waals surface area (Å²) in [4.78, 5) is 22.1. The number of nitrogens with zero attached hydrogens (tertiary/aromatic N) is 3. The van der Waals surface area contributed by atoms with E-state index in [0.29, 0.717) is 6.04 Å². The summed E-state index contributed by atoms with van der Waals surface area (Å²) in [6.07, 6.45) is 6.68. The van der Waals surface area contributed by atoms with Crippen LogP contribution in [0.1, 0.15) is 49.4 Å². The van der Waals surface area contributed by atoms with Crippen molar-refractivity contribution >= 4 is 47.2 Å². The number of guanidine groups is 1. The number of nitrogens with one attached hydrogen (secondary N) is 2. The monoisotopic (exact) mass is 562 g/mol. The molecule has 9 heteroatoms. The molecule has 4 N–H and O–H groups in total. The van der Waals surface area contributed by atoms with Crippen molar-refractivity contribution in [2.75, 3.05) is 52.9 Å². The fourth-order valence-corrected chi connectivity index (χ4v) is 5.33. The summed E-state index contributed by atoms with van der Waals surface area (Å²) < 4.78 is 0. The third kappa shape index (κ3) is 8.51. The van der Waals surface area contributed by atoms with Gasteiger partial charge in [0, 0.05) is 30.9 Å². The molecule has 3 rings (SSSR count). The van der Waals surface area contributed by atoms with Crippen molar-refractivity contribution in [2.45, 2.75) is 44.6 Å². The maximum Gasteiger partial charge on any atom is 0.220 e. The first-order chi connectivity index (χ1) is 14.7. The molecule has 31 heavy (non-hydrogen) atoms. The highest BCUT2D eigenvalue weighted by Gasteiger charge is 2.24.